The summed E-state index contributed by atoms with van der Waals surface area (Å²) in [5.74, 6) is 0.531. The van der Waals surface area contributed by atoms with E-state index in [0.29, 0.717) is 29.3 Å². The molecule has 0 aliphatic carbocycles. The van der Waals surface area contributed by atoms with Crippen LogP contribution in [-0.4, -0.2) is 43.0 Å². The van der Waals surface area contributed by atoms with Crippen LogP contribution in [0.25, 0.3) is 22.1 Å². The smallest absolute Gasteiger partial charge is 0.291 e. The molecule has 2 aromatic heterocycles. The number of carbonyl (C=O) groups is 1. The Balaban J connectivity index is 1.52. The summed E-state index contributed by atoms with van der Waals surface area (Å²) in [5.41, 5.74) is 9.57. The molecule has 2 aromatic carbocycles. The van der Waals surface area contributed by atoms with Crippen LogP contribution in [0.4, 0.5) is 11.4 Å². The van der Waals surface area contributed by atoms with Crippen molar-refractivity contribution in [3.05, 3.63) is 72.8 Å². The first-order valence-corrected chi connectivity index (χ1v) is 9.92. The first-order valence-electron chi connectivity index (χ1n) is 9.92. The van der Waals surface area contributed by atoms with Gasteiger partial charge in [0.1, 0.15) is 17.9 Å². The lowest BCUT2D eigenvalue weighted by Crippen LogP contribution is -2.19. The number of anilines is 2. The van der Waals surface area contributed by atoms with Crippen LogP contribution < -0.4 is 15.8 Å². The molecule has 0 bridgehead atoms. The van der Waals surface area contributed by atoms with Crippen LogP contribution in [0.5, 0.6) is 5.75 Å². The summed E-state index contributed by atoms with van der Waals surface area (Å²) >= 11 is 0. The van der Waals surface area contributed by atoms with E-state index in [9.17, 15) is 4.79 Å². The minimum Gasteiger partial charge on any atom is -0.492 e. The number of rotatable bonds is 7. The fourth-order valence-corrected chi connectivity index (χ4v) is 3.13. The second-order valence-electron chi connectivity index (χ2n) is 7.45. The molecule has 4 aromatic rings. The van der Waals surface area contributed by atoms with E-state index < -0.39 is 0 Å². The zero-order valence-electron chi connectivity index (χ0n) is 17.5. The Morgan fingerprint density at radius 1 is 1.06 bits per heavy atom. The quantitative estimate of drug-likeness (QED) is 0.437. The Kier molecular flexibility index (Phi) is 5.86. The summed E-state index contributed by atoms with van der Waals surface area (Å²) in [4.78, 5) is 18.9. The molecule has 0 unspecified atom stereocenters. The molecule has 0 atom stereocenters. The van der Waals surface area contributed by atoms with Crippen molar-refractivity contribution in [3.63, 3.8) is 0 Å². The van der Waals surface area contributed by atoms with Crippen molar-refractivity contribution in [2.45, 2.75) is 0 Å². The number of likely N-dealkylation sites (N-methyl/N-ethyl adjacent to an activating group) is 1. The summed E-state index contributed by atoms with van der Waals surface area (Å²) in [6.45, 7) is 1.38. The van der Waals surface area contributed by atoms with Gasteiger partial charge in [-0.25, -0.2) is 0 Å². The summed E-state index contributed by atoms with van der Waals surface area (Å²) in [6.07, 6.45) is 3.44. The molecule has 7 heteroatoms. The van der Waals surface area contributed by atoms with Gasteiger partial charge in [-0.1, -0.05) is 6.07 Å². The van der Waals surface area contributed by atoms with Crippen LogP contribution in [-0.2, 0) is 0 Å². The standard InChI is InChI=1S/C24H24N4O3/c1-28(2)11-12-30-19-5-3-18-14-23(31-22(18)15-19)24(29)27-21-13-17(4-6-20(21)25)16-7-9-26-10-8-16/h3-10,13-15H,11-12,25H2,1-2H3,(H,27,29). The molecule has 0 aliphatic rings. The van der Waals surface area contributed by atoms with Crippen LogP contribution in [0.2, 0.25) is 0 Å². The summed E-state index contributed by atoms with van der Waals surface area (Å²) in [7, 11) is 3.98. The van der Waals surface area contributed by atoms with Gasteiger partial charge in [0, 0.05) is 30.4 Å². The van der Waals surface area contributed by atoms with E-state index in [4.69, 9.17) is 14.9 Å². The monoisotopic (exact) mass is 416 g/mol. The third kappa shape index (κ3) is 4.84. The van der Waals surface area contributed by atoms with Gasteiger partial charge in [-0.05, 0) is 67.7 Å². The topological polar surface area (TPSA) is 93.6 Å². The van der Waals surface area contributed by atoms with E-state index >= 15 is 0 Å². The first-order chi connectivity index (χ1) is 15.0. The summed E-state index contributed by atoms with van der Waals surface area (Å²) in [5, 5.41) is 3.67. The van der Waals surface area contributed by atoms with E-state index in [1.165, 1.54) is 0 Å². The SMILES string of the molecule is CN(C)CCOc1ccc2cc(C(=O)Nc3cc(-c4ccncc4)ccc3N)oc2c1. The normalized spacial score (nSPS) is 11.1. The molecule has 0 saturated heterocycles. The van der Waals surface area contributed by atoms with Crippen molar-refractivity contribution >= 4 is 28.3 Å². The first kappa shape index (κ1) is 20.4. The molecular weight excluding hydrogens is 392 g/mol. The van der Waals surface area contributed by atoms with Crippen molar-refractivity contribution in [2.75, 3.05) is 38.3 Å². The number of nitrogens with two attached hydrogens (primary N) is 1. The van der Waals surface area contributed by atoms with Gasteiger partial charge in [0.2, 0.25) is 0 Å². The number of benzene rings is 2. The number of hydrogen-bond donors (Lipinski definition) is 2. The zero-order valence-corrected chi connectivity index (χ0v) is 17.5. The Morgan fingerprint density at radius 2 is 1.87 bits per heavy atom. The molecular formula is C24H24N4O3. The number of furan rings is 1. The molecule has 1 amide bonds. The van der Waals surface area contributed by atoms with Crippen molar-refractivity contribution in [3.8, 4) is 16.9 Å². The van der Waals surface area contributed by atoms with Crippen LogP contribution in [0.3, 0.4) is 0 Å². The number of nitrogen functional groups attached to an aromatic ring is 1. The van der Waals surface area contributed by atoms with Crippen molar-refractivity contribution < 1.29 is 13.9 Å². The molecule has 0 spiro atoms. The van der Waals surface area contributed by atoms with Crippen LogP contribution in [0.1, 0.15) is 10.6 Å². The zero-order chi connectivity index (χ0) is 21.8. The highest BCUT2D eigenvalue weighted by atomic mass is 16.5. The third-order valence-corrected chi connectivity index (χ3v) is 4.84. The number of hydrogen-bond acceptors (Lipinski definition) is 6. The highest BCUT2D eigenvalue weighted by Gasteiger charge is 2.15. The number of nitrogens with zero attached hydrogens (tertiary/aromatic N) is 2. The Morgan fingerprint density at radius 3 is 2.65 bits per heavy atom. The van der Waals surface area contributed by atoms with E-state index in [1.54, 1.807) is 30.6 Å². The predicted octanol–water partition coefficient (Wildman–Crippen LogP) is 4.27. The molecule has 0 saturated carbocycles. The van der Waals surface area contributed by atoms with Crippen LogP contribution in [0, 0.1) is 0 Å². The molecule has 0 radical (unpaired) electrons. The average Bonchev–Trinajstić information content (AvgIpc) is 3.19. The minimum absolute atomic E-state index is 0.203. The van der Waals surface area contributed by atoms with Gasteiger partial charge in [-0.3, -0.25) is 9.78 Å². The maximum atomic E-state index is 12.8. The van der Waals surface area contributed by atoms with E-state index in [1.807, 2.05) is 55.4 Å². The Labute approximate surface area is 180 Å². The maximum absolute atomic E-state index is 12.8. The number of ether oxygens (including phenoxy) is 1. The molecule has 2 heterocycles. The second kappa shape index (κ2) is 8.89. The average molecular weight is 416 g/mol. The lowest BCUT2D eigenvalue weighted by atomic mass is 10.1. The number of aromatic nitrogens is 1. The van der Waals surface area contributed by atoms with Gasteiger partial charge in [0.25, 0.3) is 5.91 Å². The molecule has 0 aliphatic heterocycles. The number of pyridine rings is 1. The van der Waals surface area contributed by atoms with Crippen molar-refractivity contribution in [1.29, 1.82) is 0 Å². The van der Waals surface area contributed by atoms with E-state index in [0.717, 1.165) is 23.1 Å². The second-order valence-corrected chi connectivity index (χ2v) is 7.45. The molecule has 4 rings (SSSR count). The maximum Gasteiger partial charge on any atom is 0.291 e. The van der Waals surface area contributed by atoms with E-state index in [2.05, 4.69) is 10.3 Å². The number of fused-ring (bicyclic) bond motifs is 1. The number of amides is 1. The lowest BCUT2D eigenvalue weighted by molar-refractivity contribution is 0.0998. The highest BCUT2D eigenvalue weighted by Crippen LogP contribution is 2.29. The predicted molar refractivity (Wildman–Crippen MR) is 122 cm³/mol. The third-order valence-electron chi connectivity index (χ3n) is 4.84. The molecule has 158 valence electrons. The molecule has 0 fully saturated rings. The van der Waals surface area contributed by atoms with Gasteiger partial charge in [0.15, 0.2) is 5.76 Å². The van der Waals surface area contributed by atoms with Gasteiger partial charge >= 0.3 is 0 Å². The lowest BCUT2D eigenvalue weighted by Gasteiger charge is -2.10. The highest BCUT2D eigenvalue weighted by molar-refractivity contribution is 6.06. The number of nitrogens with one attached hydrogen (secondary N) is 1. The van der Waals surface area contributed by atoms with Gasteiger partial charge in [0.05, 0.1) is 11.4 Å². The molecule has 3 N–H and O–H groups in total. The van der Waals surface area contributed by atoms with Crippen molar-refractivity contribution in [2.24, 2.45) is 0 Å². The van der Waals surface area contributed by atoms with Gasteiger partial charge < -0.3 is 25.1 Å². The molecule has 31 heavy (non-hydrogen) atoms. The van der Waals surface area contributed by atoms with E-state index in [-0.39, 0.29) is 11.7 Å². The Bertz CT molecular complexity index is 1200. The largest absolute Gasteiger partial charge is 0.492 e. The fraction of sp³-hybridized carbons (Fsp3) is 0.167. The van der Waals surface area contributed by atoms with Crippen LogP contribution in [0.15, 0.2) is 71.4 Å². The Hall–Kier alpha value is -3.84. The summed E-state index contributed by atoms with van der Waals surface area (Å²) in [6, 6.07) is 16.5. The van der Waals surface area contributed by atoms with Gasteiger partial charge in [-0.15, -0.1) is 0 Å². The minimum atomic E-state index is -0.371. The van der Waals surface area contributed by atoms with Crippen LogP contribution >= 0.6 is 0 Å². The summed E-state index contributed by atoms with van der Waals surface area (Å²) < 4.78 is 11.5. The number of carbonyl (C=O) groups excluding carboxylic acids is 1. The van der Waals surface area contributed by atoms with Gasteiger partial charge in [-0.2, -0.15) is 0 Å². The molecule has 7 nitrogen and oxygen atoms in total. The fourth-order valence-electron chi connectivity index (χ4n) is 3.13. The van der Waals surface area contributed by atoms with Crippen molar-refractivity contribution in [1.82, 2.24) is 9.88 Å².